The van der Waals surface area contributed by atoms with Crippen LogP contribution < -0.4 is 5.32 Å². The van der Waals surface area contributed by atoms with Gasteiger partial charge in [0.1, 0.15) is 0 Å². The quantitative estimate of drug-likeness (QED) is 0.853. The number of aryl methyl sites for hydroxylation is 2. The maximum atomic E-state index is 12.1. The molecule has 0 aliphatic carbocycles. The van der Waals surface area contributed by atoms with Gasteiger partial charge in [-0.3, -0.25) is 14.6 Å². The highest BCUT2D eigenvalue weighted by Gasteiger charge is 2.23. The number of nitrogens with zero attached hydrogens (tertiary/aromatic N) is 1. The molecule has 1 aromatic heterocycles. The highest BCUT2D eigenvalue weighted by atomic mass is 16.4. The van der Waals surface area contributed by atoms with Crippen LogP contribution >= 0.6 is 0 Å². The maximum Gasteiger partial charge on any atom is 0.303 e. The lowest BCUT2D eigenvalue weighted by atomic mass is 9.97. The van der Waals surface area contributed by atoms with Crippen LogP contribution in [0.2, 0.25) is 0 Å². The Labute approximate surface area is 113 Å². The lowest BCUT2D eigenvalue weighted by molar-refractivity contribution is -0.137. The number of pyridine rings is 1. The van der Waals surface area contributed by atoms with Crippen LogP contribution in [0.15, 0.2) is 12.1 Å². The van der Waals surface area contributed by atoms with E-state index in [2.05, 4.69) is 10.3 Å². The molecule has 0 fully saturated rings. The highest BCUT2D eigenvalue weighted by Crippen LogP contribution is 2.14. The smallest absolute Gasteiger partial charge is 0.303 e. The van der Waals surface area contributed by atoms with Gasteiger partial charge in [-0.05, 0) is 46.2 Å². The summed E-state index contributed by atoms with van der Waals surface area (Å²) in [5.74, 6) is -1.09. The van der Waals surface area contributed by atoms with Gasteiger partial charge in [-0.2, -0.15) is 0 Å². The van der Waals surface area contributed by atoms with Gasteiger partial charge in [0.15, 0.2) is 0 Å². The van der Waals surface area contributed by atoms with Gasteiger partial charge in [-0.1, -0.05) is 0 Å². The summed E-state index contributed by atoms with van der Waals surface area (Å²) >= 11 is 0. The standard InChI is InChI=1S/C14H20N2O3/c1-9-5-6-11(10(2)15-9)13(19)16-14(3,4)8-7-12(17)18/h5-6H,7-8H2,1-4H3,(H,16,19)(H,17,18). The molecule has 0 atom stereocenters. The van der Waals surface area contributed by atoms with Crippen molar-refractivity contribution in [1.82, 2.24) is 10.3 Å². The van der Waals surface area contributed by atoms with Crippen molar-refractivity contribution >= 4 is 11.9 Å². The molecule has 5 heteroatoms. The molecule has 0 saturated carbocycles. The summed E-state index contributed by atoms with van der Waals surface area (Å²) in [6, 6.07) is 3.52. The zero-order valence-electron chi connectivity index (χ0n) is 11.8. The normalized spacial score (nSPS) is 11.2. The van der Waals surface area contributed by atoms with Crippen LogP contribution in [0.25, 0.3) is 0 Å². The second-order valence-corrected chi connectivity index (χ2v) is 5.32. The van der Waals surface area contributed by atoms with Crippen LogP contribution in [0, 0.1) is 13.8 Å². The molecule has 19 heavy (non-hydrogen) atoms. The van der Waals surface area contributed by atoms with E-state index >= 15 is 0 Å². The summed E-state index contributed by atoms with van der Waals surface area (Å²) in [6.07, 6.45) is 0.408. The monoisotopic (exact) mass is 264 g/mol. The SMILES string of the molecule is Cc1ccc(C(=O)NC(C)(C)CCC(=O)O)c(C)n1. The number of aliphatic carboxylic acids is 1. The first-order chi connectivity index (χ1) is 8.71. The average Bonchev–Trinajstić information content (AvgIpc) is 2.25. The molecule has 0 aliphatic heterocycles. The number of carbonyl (C=O) groups excluding carboxylic acids is 1. The molecular weight excluding hydrogens is 244 g/mol. The molecular formula is C14H20N2O3. The van der Waals surface area contributed by atoms with Crippen LogP contribution in [0.3, 0.4) is 0 Å². The minimum atomic E-state index is -0.865. The van der Waals surface area contributed by atoms with Crippen LogP contribution in [0.4, 0.5) is 0 Å². The number of carboxylic acid groups (broad SMARTS) is 1. The number of hydrogen-bond acceptors (Lipinski definition) is 3. The Morgan fingerprint density at radius 1 is 1.32 bits per heavy atom. The average molecular weight is 264 g/mol. The summed E-state index contributed by atoms with van der Waals surface area (Å²) in [4.78, 5) is 27.0. The second kappa shape index (κ2) is 5.82. The lowest BCUT2D eigenvalue weighted by Crippen LogP contribution is -2.44. The number of carbonyl (C=O) groups is 2. The first-order valence-electron chi connectivity index (χ1n) is 6.20. The molecule has 1 heterocycles. The Kier molecular flexibility index (Phi) is 4.64. The fraction of sp³-hybridized carbons (Fsp3) is 0.500. The topological polar surface area (TPSA) is 79.3 Å². The van der Waals surface area contributed by atoms with Crippen molar-refractivity contribution in [3.05, 3.63) is 29.1 Å². The second-order valence-electron chi connectivity index (χ2n) is 5.32. The lowest BCUT2D eigenvalue weighted by Gasteiger charge is -2.26. The fourth-order valence-electron chi connectivity index (χ4n) is 1.78. The molecule has 0 aliphatic rings. The van der Waals surface area contributed by atoms with Crippen molar-refractivity contribution in [3.8, 4) is 0 Å². The van der Waals surface area contributed by atoms with E-state index in [9.17, 15) is 9.59 Å². The molecule has 1 aromatic rings. The molecule has 0 bridgehead atoms. The number of hydrogen-bond donors (Lipinski definition) is 2. The first kappa shape index (κ1) is 15.1. The molecule has 0 radical (unpaired) electrons. The first-order valence-corrected chi connectivity index (χ1v) is 6.20. The van der Waals surface area contributed by atoms with E-state index in [0.29, 0.717) is 17.7 Å². The maximum absolute atomic E-state index is 12.1. The Morgan fingerprint density at radius 3 is 2.47 bits per heavy atom. The molecule has 104 valence electrons. The molecule has 1 amide bonds. The van der Waals surface area contributed by atoms with Crippen molar-refractivity contribution < 1.29 is 14.7 Å². The summed E-state index contributed by atoms with van der Waals surface area (Å²) in [6.45, 7) is 7.27. The largest absolute Gasteiger partial charge is 0.481 e. The summed E-state index contributed by atoms with van der Waals surface area (Å²) in [5.41, 5.74) is 1.49. The zero-order valence-corrected chi connectivity index (χ0v) is 11.8. The van der Waals surface area contributed by atoms with Crippen molar-refractivity contribution in [3.63, 3.8) is 0 Å². The number of amides is 1. The number of carboxylic acids is 1. The van der Waals surface area contributed by atoms with Gasteiger partial charge >= 0.3 is 5.97 Å². The van der Waals surface area contributed by atoms with Crippen molar-refractivity contribution in [2.75, 3.05) is 0 Å². The third-order valence-electron chi connectivity index (χ3n) is 2.89. The molecule has 0 aromatic carbocycles. The van der Waals surface area contributed by atoms with E-state index in [1.54, 1.807) is 19.1 Å². The number of nitrogens with one attached hydrogen (secondary N) is 1. The Morgan fingerprint density at radius 2 is 1.95 bits per heavy atom. The predicted octanol–water partition coefficient (Wildman–Crippen LogP) is 2.07. The van der Waals surface area contributed by atoms with E-state index in [-0.39, 0.29) is 12.3 Å². The summed E-state index contributed by atoms with van der Waals surface area (Å²) < 4.78 is 0. The van der Waals surface area contributed by atoms with Crippen molar-refractivity contribution in [2.45, 2.75) is 46.1 Å². The van der Waals surface area contributed by atoms with E-state index in [1.807, 2.05) is 20.8 Å². The van der Waals surface area contributed by atoms with Crippen LogP contribution in [0.5, 0.6) is 0 Å². The van der Waals surface area contributed by atoms with Crippen LogP contribution in [-0.2, 0) is 4.79 Å². The predicted molar refractivity (Wildman–Crippen MR) is 72.1 cm³/mol. The van der Waals surface area contributed by atoms with E-state index in [4.69, 9.17) is 5.11 Å². The van der Waals surface area contributed by atoms with Gasteiger partial charge in [0.2, 0.25) is 0 Å². The van der Waals surface area contributed by atoms with Crippen molar-refractivity contribution in [1.29, 1.82) is 0 Å². The van der Waals surface area contributed by atoms with Crippen LogP contribution in [-0.4, -0.2) is 27.5 Å². The minimum Gasteiger partial charge on any atom is -0.481 e. The molecule has 5 nitrogen and oxygen atoms in total. The van der Waals surface area contributed by atoms with Gasteiger partial charge in [-0.15, -0.1) is 0 Å². The molecule has 0 unspecified atom stereocenters. The van der Waals surface area contributed by atoms with Crippen molar-refractivity contribution in [2.24, 2.45) is 0 Å². The third kappa shape index (κ3) is 4.69. The van der Waals surface area contributed by atoms with E-state index in [1.165, 1.54) is 0 Å². The Balaban J connectivity index is 2.75. The third-order valence-corrected chi connectivity index (χ3v) is 2.89. The Bertz CT molecular complexity index is 495. The summed E-state index contributed by atoms with van der Waals surface area (Å²) in [7, 11) is 0. The van der Waals surface area contributed by atoms with Gasteiger partial charge in [0, 0.05) is 17.7 Å². The summed E-state index contributed by atoms with van der Waals surface area (Å²) in [5, 5.41) is 11.5. The van der Waals surface area contributed by atoms with Gasteiger partial charge in [0.25, 0.3) is 5.91 Å². The van der Waals surface area contributed by atoms with Gasteiger partial charge in [-0.25, -0.2) is 0 Å². The Hall–Kier alpha value is -1.91. The number of aromatic nitrogens is 1. The van der Waals surface area contributed by atoms with E-state index in [0.717, 1.165) is 5.69 Å². The molecule has 0 saturated heterocycles. The minimum absolute atomic E-state index is 0.0262. The zero-order chi connectivity index (χ0) is 14.6. The molecule has 1 rings (SSSR count). The highest BCUT2D eigenvalue weighted by molar-refractivity contribution is 5.95. The molecule has 2 N–H and O–H groups in total. The fourth-order valence-corrected chi connectivity index (χ4v) is 1.78. The van der Waals surface area contributed by atoms with Gasteiger partial charge in [0.05, 0.1) is 11.3 Å². The van der Waals surface area contributed by atoms with Gasteiger partial charge < -0.3 is 10.4 Å². The number of rotatable bonds is 5. The molecule has 0 spiro atoms. The van der Waals surface area contributed by atoms with Crippen LogP contribution in [0.1, 0.15) is 48.4 Å². The van der Waals surface area contributed by atoms with E-state index < -0.39 is 11.5 Å².